The van der Waals surface area contributed by atoms with Crippen LogP contribution in [0.2, 0.25) is 33.3 Å². The lowest BCUT2D eigenvalue weighted by atomic mass is 9.80. The van der Waals surface area contributed by atoms with Gasteiger partial charge in [0.25, 0.3) is 0 Å². The van der Waals surface area contributed by atoms with Crippen molar-refractivity contribution in [1.82, 2.24) is 10.0 Å². The summed E-state index contributed by atoms with van der Waals surface area (Å²) in [5, 5.41) is 33.9. The number of hydrogen-bond donors (Lipinski definition) is 3. The molecule has 160 valence electrons. The summed E-state index contributed by atoms with van der Waals surface area (Å²) < 4.78 is 10.2. The Hall–Kier alpha value is -1.40. The Balaban J connectivity index is 5.47. The molecule has 13 heteroatoms. The molecule has 0 amide bonds. The molecule has 3 N–H and O–H groups in total. The van der Waals surface area contributed by atoms with Crippen LogP contribution in [0.5, 0.6) is 0 Å². The topological polar surface area (TPSA) is 134 Å². The minimum absolute atomic E-state index is 0.125. The molecule has 2 unspecified atom stereocenters. The first-order valence-electron chi connectivity index (χ1n) is 9.30. The summed E-state index contributed by atoms with van der Waals surface area (Å²) in [5.74, 6) is -0.970. The largest absolute Gasteiger partial charge is 0.550 e. The zero-order valence-corrected chi connectivity index (χ0v) is 18.6. The zero-order chi connectivity index (χ0) is 21.9. The number of nitro groups is 1. The summed E-state index contributed by atoms with van der Waals surface area (Å²) in [6.45, 7) is 9.81. The van der Waals surface area contributed by atoms with Gasteiger partial charge < -0.3 is 29.2 Å². The molecule has 0 aromatic carbocycles. The molecular weight excluding hydrogens is 384 g/mol. The number of esters is 1. The SMILES string of the molecule is COC(=O)C(C(CC=CO[Si](C)(C)C)N(CCCNB(C)O)B(C)O)[N+](=O)[O-]. The summed E-state index contributed by atoms with van der Waals surface area (Å²) in [6, 6.07) is -2.57. The Bertz CT molecular complexity index is 518. The molecule has 0 spiro atoms. The summed E-state index contributed by atoms with van der Waals surface area (Å²) >= 11 is 0. The van der Waals surface area contributed by atoms with Crippen molar-refractivity contribution < 1.29 is 28.9 Å². The number of rotatable bonds is 14. The van der Waals surface area contributed by atoms with Gasteiger partial charge in [0.1, 0.15) is 0 Å². The van der Waals surface area contributed by atoms with E-state index in [1.807, 2.05) is 19.6 Å². The molecule has 0 saturated carbocycles. The molecule has 0 rings (SSSR count). The van der Waals surface area contributed by atoms with E-state index in [2.05, 4.69) is 9.96 Å². The van der Waals surface area contributed by atoms with Crippen molar-refractivity contribution in [3.63, 3.8) is 0 Å². The molecule has 0 aliphatic rings. The average Bonchev–Trinajstić information content (AvgIpc) is 2.55. The van der Waals surface area contributed by atoms with Crippen LogP contribution in [0.4, 0.5) is 0 Å². The number of carbonyl (C=O) groups excluding carboxylic acids is 1. The number of carbonyl (C=O) groups is 1. The van der Waals surface area contributed by atoms with Crippen molar-refractivity contribution in [3.05, 3.63) is 22.5 Å². The van der Waals surface area contributed by atoms with Crippen molar-refractivity contribution in [2.75, 3.05) is 20.2 Å². The van der Waals surface area contributed by atoms with Gasteiger partial charge in [-0.2, -0.15) is 0 Å². The third kappa shape index (κ3) is 10.8. The van der Waals surface area contributed by atoms with Crippen LogP contribution in [0.25, 0.3) is 0 Å². The van der Waals surface area contributed by atoms with Crippen LogP contribution in [0.1, 0.15) is 12.8 Å². The van der Waals surface area contributed by atoms with Gasteiger partial charge >= 0.3 is 26.1 Å². The molecule has 10 nitrogen and oxygen atoms in total. The molecule has 2 atom stereocenters. The van der Waals surface area contributed by atoms with Crippen LogP contribution in [0.3, 0.4) is 0 Å². The smallest absolute Gasteiger partial charge is 0.383 e. The lowest BCUT2D eigenvalue weighted by Crippen LogP contribution is -2.56. The molecule has 0 bridgehead atoms. The molecule has 0 aliphatic carbocycles. The van der Waals surface area contributed by atoms with E-state index in [0.717, 1.165) is 7.11 Å². The van der Waals surface area contributed by atoms with Gasteiger partial charge in [-0.25, -0.2) is 4.79 Å². The maximum absolute atomic E-state index is 12.1. The monoisotopic (exact) mass is 417 g/mol. The van der Waals surface area contributed by atoms with E-state index in [4.69, 9.17) is 4.43 Å². The molecule has 0 aromatic heterocycles. The molecule has 0 aliphatic heterocycles. The quantitative estimate of drug-likeness (QED) is 0.0919. The number of hydrogen-bond acceptors (Lipinski definition) is 9. The third-order valence-electron chi connectivity index (χ3n) is 3.87. The highest BCUT2D eigenvalue weighted by molar-refractivity contribution is 6.69. The van der Waals surface area contributed by atoms with Crippen LogP contribution in [-0.2, 0) is 14.0 Å². The molecular formula is C15H33B2N3O7Si. The second-order valence-electron chi connectivity index (χ2n) is 7.51. The van der Waals surface area contributed by atoms with E-state index >= 15 is 0 Å². The van der Waals surface area contributed by atoms with Gasteiger partial charge in [-0.15, -0.1) is 0 Å². The van der Waals surface area contributed by atoms with E-state index in [9.17, 15) is 25.0 Å². The normalized spacial score (nSPS) is 14.0. The van der Waals surface area contributed by atoms with Crippen LogP contribution in [0, 0.1) is 10.1 Å². The molecule has 0 fully saturated rings. The Kier molecular flexibility index (Phi) is 12.3. The number of nitrogens with zero attached hydrogens (tertiary/aromatic N) is 2. The third-order valence-corrected chi connectivity index (χ3v) is 4.71. The van der Waals surface area contributed by atoms with Gasteiger partial charge in [-0.05, 0) is 65.3 Å². The highest BCUT2D eigenvalue weighted by atomic mass is 28.4. The molecule has 0 saturated heterocycles. The van der Waals surface area contributed by atoms with Gasteiger partial charge in [-0.1, -0.05) is 0 Å². The van der Waals surface area contributed by atoms with Gasteiger partial charge in [0, 0.05) is 4.92 Å². The maximum Gasteiger partial charge on any atom is 0.383 e. The average molecular weight is 417 g/mol. The van der Waals surface area contributed by atoms with Crippen molar-refractivity contribution in [3.8, 4) is 0 Å². The predicted octanol–water partition coefficient (Wildman–Crippen LogP) is 0.431. The second kappa shape index (κ2) is 12.9. The van der Waals surface area contributed by atoms with Crippen molar-refractivity contribution >= 4 is 28.4 Å². The Morgan fingerprint density at radius 1 is 1.36 bits per heavy atom. The first-order chi connectivity index (χ1) is 12.9. The Morgan fingerprint density at radius 3 is 2.39 bits per heavy atom. The molecule has 28 heavy (non-hydrogen) atoms. The zero-order valence-electron chi connectivity index (χ0n) is 17.6. The first kappa shape index (κ1) is 26.6. The Morgan fingerprint density at radius 2 is 1.96 bits per heavy atom. The van der Waals surface area contributed by atoms with Crippen LogP contribution in [0.15, 0.2) is 12.3 Å². The summed E-state index contributed by atoms with van der Waals surface area (Å²) in [5.41, 5.74) is 0. The first-order valence-corrected chi connectivity index (χ1v) is 12.7. The van der Waals surface area contributed by atoms with E-state index in [1.165, 1.54) is 17.9 Å². The minimum Gasteiger partial charge on any atom is -0.550 e. The maximum atomic E-state index is 12.1. The van der Waals surface area contributed by atoms with E-state index in [1.54, 1.807) is 12.9 Å². The number of nitrogens with one attached hydrogen (secondary N) is 1. The Labute approximate surface area is 168 Å². The van der Waals surface area contributed by atoms with Gasteiger partial charge in [0.15, 0.2) is 0 Å². The van der Waals surface area contributed by atoms with E-state index in [0.29, 0.717) is 13.0 Å². The lowest BCUT2D eigenvalue weighted by Gasteiger charge is -2.32. The summed E-state index contributed by atoms with van der Waals surface area (Å²) in [7, 11) is -2.40. The van der Waals surface area contributed by atoms with E-state index < -0.39 is 45.4 Å². The fourth-order valence-corrected chi connectivity index (χ4v) is 3.10. The predicted molar refractivity (Wildman–Crippen MR) is 112 cm³/mol. The minimum atomic E-state index is -1.80. The molecule has 0 heterocycles. The highest BCUT2D eigenvalue weighted by Crippen LogP contribution is 2.17. The van der Waals surface area contributed by atoms with Crippen molar-refractivity contribution in [2.24, 2.45) is 0 Å². The van der Waals surface area contributed by atoms with Crippen LogP contribution < -0.4 is 5.23 Å². The van der Waals surface area contributed by atoms with Gasteiger partial charge in [0.05, 0.1) is 19.4 Å². The summed E-state index contributed by atoms with van der Waals surface area (Å²) in [4.78, 5) is 24.5. The van der Waals surface area contributed by atoms with Gasteiger partial charge in [-0.3, -0.25) is 10.1 Å². The van der Waals surface area contributed by atoms with Gasteiger partial charge in [0.2, 0.25) is 8.32 Å². The lowest BCUT2D eigenvalue weighted by molar-refractivity contribution is -0.517. The number of methoxy groups -OCH3 is 1. The molecule has 0 radical (unpaired) electrons. The fourth-order valence-electron chi connectivity index (χ4n) is 2.60. The number of ether oxygens (including phenoxy) is 1. The highest BCUT2D eigenvalue weighted by Gasteiger charge is 2.44. The van der Waals surface area contributed by atoms with Crippen molar-refractivity contribution in [1.29, 1.82) is 0 Å². The fraction of sp³-hybridized carbons (Fsp3) is 0.800. The summed E-state index contributed by atoms with van der Waals surface area (Å²) in [6.07, 6.45) is 3.77. The van der Waals surface area contributed by atoms with Crippen LogP contribution >= 0.6 is 0 Å². The van der Waals surface area contributed by atoms with E-state index in [-0.39, 0.29) is 13.0 Å². The standard InChI is InChI=1S/C15H33B2N3O7Si/c1-16(22)18-10-8-11-19(17(2)23)13(9-7-12-27-28(4,5)6)14(20(24)25)15(21)26-3/h7,12-14,18,22-23H,8-11H2,1-6H3. The van der Waals surface area contributed by atoms with Crippen LogP contribution in [-0.4, -0.2) is 80.5 Å². The van der Waals surface area contributed by atoms with Crippen molar-refractivity contribution in [2.45, 2.75) is 58.2 Å². The molecule has 0 aromatic rings. The second-order valence-corrected chi connectivity index (χ2v) is 12.0.